The molecule has 1 saturated heterocycles. The number of hydrogen-bond donors (Lipinski definition) is 0. The summed E-state index contributed by atoms with van der Waals surface area (Å²) in [5.74, 6) is 8.81. The van der Waals surface area contributed by atoms with Gasteiger partial charge < -0.3 is 0 Å². The normalized spacial score (nSPS) is 34.7. The van der Waals surface area contributed by atoms with Gasteiger partial charge in [0, 0.05) is 0 Å². The highest BCUT2D eigenvalue weighted by Gasteiger charge is 2.17. The minimum atomic E-state index is 0.523. The molecule has 0 aromatic heterocycles. The van der Waals surface area contributed by atoms with E-state index >= 15 is 0 Å². The monoisotopic (exact) mass is 158 g/mol. The Hall–Kier alpha value is 0.220. The van der Waals surface area contributed by atoms with E-state index < -0.39 is 0 Å². The Labute approximate surface area is 66.9 Å². The highest BCUT2D eigenvalue weighted by atomic mass is 32.2. The topological polar surface area (TPSA) is 0 Å². The Morgan fingerprint density at radius 2 is 1.80 bits per heavy atom. The van der Waals surface area contributed by atoms with Crippen molar-refractivity contribution < 1.29 is 0 Å². The molecule has 0 aliphatic carbocycles. The Kier molecular flexibility index (Phi) is 2.96. The summed E-state index contributed by atoms with van der Waals surface area (Å²) in [4.78, 5) is 0. The molecule has 1 fully saturated rings. The maximum absolute atomic E-state index is 4.12. The van der Waals surface area contributed by atoms with Crippen molar-refractivity contribution in [3.63, 3.8) is 0 Å². The lowest BCUT2D eigenvalue weighted by Gasteiger charge is -2.26. The van der Waals surface area contributed by atoms with Crippen molar-refractivity contribution >= 4 is 16.4 Å². The van der Waals surface area contributed by atoms with Crippen molar-refractivity contribution in [3.8, 4) is 0 Å². The average molecular weight is 158 g/mol. The zero-order valence-electron chi connectivity index (χ0n) is 7.10. The average Bonchev–Trinajstić information content (AvgIpc) is 1.88. The van der Waals surface area contributed by atoms with E-state index in [1.807, 2.05) is 0 Å². The van der Waals surface area contributed by atoms with Crippen molar-refractivity contribution in [2.75, 3.05) is 11.5 Å². The first-order valence-corrected chi connectivity index (χ1v) is 5.90. The maximum Gasteiger partial charge on any atom is -0.0120 e. The molecule has 0 saturated carbocycles. The number of rotatable bonds is 1. The second-order valence-electron chi connectivity index (χ2n) is 3.60. The summed E-state index contributed by atoms with van der Waals surface area (Å²) in [5.41, 5.74) is 0. The van der Waals surface area contributed by atoms with Gasteiger partial charge in [-0.15, -0.1) is 0 Å². The molecule has 0 spiro atoms. The van der Waals surface area contributed by atoms with E-state index in [4.69, 9.17) is 0 Å². The fourth-order valence-electron chi connectivity index (χ4n) is 1.55. The van der Waals surface area contributed by atoms with E-state index in [0.717, 1.165) is 11.8 Å². The van der Waals surface area contributed by atoms with Gasteiger partial charge in [-0.2, -0.15) is 10.5 Å². The minimum absolute atomic E-state index is 0.523. The third kappa shape index (κ3) is 2.12. The van der Waals surface area contributed by atoms with Gasteiger partial charge in [-0.05, 0) is 36.2 Å². The predicted molar refractivity (Wildman–Crippen MR) is 52.0 cm³/mol. The summed E-state index contributed by atoms with van der Waals surface area (Å²) in [6.45, 7) is 4.69. The van der Waals surface area contributed by atoms with Crippen LogP contribution in [0.3, 0.4) is 0 Å². The van der Waals surface area contributed by atoms with Crippen LogP contribution in [0, 0.1) is 11.8 Å². The van der Waals surface area contributed by atoms with Crippen LogP contribution in [0.25, 0.3) is 0 Å². The van der Waals surface area contributed by atoms with Gasteiger partial charge in [0.25, 0.3) is 0 Å². The van der Waals surface area contributed by atoms with Crippen molar-refractivity contribution in [2.24, 2.45) is 11.8 Å². The van der Waals surface area contributed by atoms with Gasteiger partial charge in [-0.25, -0.2) is 0 Å². The first-order valence-electron chi connectivity index (χ1n) is 4.17. The van der Waals surface area contributed by atoms with Crippen LogP contribution in [-0.4, -0.2) is 17.4 Å². The minimum Gasteiger partial charge on any atom is -0.193 e. The quantitative estimate of drug-likeness (QED) is 0.515. The predicted octanol–water partition coefficient (Wildman–Crippen LogP) is 2.75. The van der Waals surface area contributed by atoms with Crippen LogP contribution in [0.5, 0.6) is 0 Å². The molecule has 1 aliphatic rings. The van der Waals surface area contributed by atoms with Gasteiger partial charge in [0.15, 0.2) is 0 Å². The molecule has 1 heteroatoms. The largest absolute Gasteiger partial charge is 0.193 e. The molecule has 0 N–H and O–H groups in total. The Morgan fingerprint density at radius 3 is 2.20 bits per heavy atom. The third-order valence-electron chi connectivity index (χ3n) is 2.50. The van der Waals surface area contributed by atoms with Crippen LogP contribution >= 0.6 is 10.5 Å². The summed E-state index contributed by atoms with van der Waals surface area (Å²) in [6.07, 6.45) is 2.87. The van der Waals surface area contributed by atoms with E-state index in [2.05, 4.69) is 19.7 Å². The smallest absolute Gasteiger partial charge is 0.0120 e. The van der Waals surface area contributed by atoms with Crippen molar-refractivity contribution in [2.45, 2.75) is 26.7 Å². The van der Waals surface area contributed by atoms with E-state index in [1.54, 1.807) is 0 Å². The van der Waals surface area contributed by atoms with Crippen molar-refractivity contribution in [1.82, 2.24) is 0 Å². The van der Waals surface area contributed by atoms with E-state index in [1.165, 1.54) is 24.3 Å². The molecule has 10 heavy (non-hydrogen) atoms. The molecule has 1 aliphatic heterocycles. The lowest BCUT2D eigenvalue weighted by molar-refractivity contribution is 0.360. The van der Waals surface area contributed by atoms with Crippen LogP contribution < -0.4 is 0 Å². The standard InChI is InChI=1S/C9H18S/c1-8(2)9-4-6-10(3)7-5-9/h8-9H,3-7H2,1-2H3. The molecule has 1 rings (SSSR count). The fraction of sp³-hybridized carbons (Fsp3) is 0.889. The van der Waals surface area contributed by atoms with E-state index in [-0.39, 0.29) is 0 Å². The lowest BCUT2D eigenvalue weighted by atomic mass is 9.91. The van der Waals surface area contributed by atoms with E-state index in [0.29, 0.717) is 10.5 Å². The molecule has 0 nitrogen and oxygen atoms in total. The first kappa shape index (κ1) is 8.32. The van der Waals surface area contributed by atoms with Gasteiger partial charge in [0.1, 0.15) is 0 Å². The SMILES string of the molecule is C=S1CCC(C(C)C)CC1. The second-order valence-corrected chi connectivity index (χ2v) is 5.64. The molecule has 0 atom stereocenters. The first-order chi connectivity index (χ1) is 4.70. The highest BCUT2D eigenvalue weighted by Crippen LogP contribution is 2.31. The molecular weight excluding hydrogens is 140 g/mol. The Bertz CT molecular complexity index is 117. The molecule has 60 valence electrons. The summed E-state index contributed by atoms with van der Waals surface area (Å²) >= 11 is 0. The van der Waals surface area contributed by atoms with Gasteiger partial charge in [0.05, 0.1) is 0 Å². The molecular formula is C9H18S. The lowest BCUT2D eigenvalue weighted by Crippen LogP contribution is -2.16. The molecule has 0 radical (unpaired) electrons. The van der Waals surface area contributed by atoms with Crippen molar-refractivity contribution in [3.05, 3.63) is 0 Å². The fourth-order valence-corrected chi connectivity index (χ4v) is 3.03. The maximum atomic E-state index is 4.12. The van der Waals surface area contributed by atoms with E-state index in [9.17, 15) is 0 Å². The molecule has 0 aromatic rings. The van der Waals surface area contributed by atoms with Gasteiger partial charge >= 0.3 is 0 Å². The zero-order valence-corrected chi connectivity index (χ0v) is 7.91. The van der Waals surface area contributed by atoms with Crippen LogP contribution in [0.4, 0.5) is 0 Å². The van der Waals surface area contributed by atoms with Gasteiger partial charge in [0.2, 0.25) is 0 Å². The van der Waals surface area contributed by atoms with Crippen LogP contribution in [0.1, 0.15) is 26.7 Å². The van der Waals surface area contributed by atoms with Crippen molar-refractivity contribution in [1.29, 1.82) is 0 Å². The number of hydrogen-bond acceptors (Lipinski definition) is 0. The molecule has 1 heterocycles. The molecule has 0 amide bonds. The van der Waals surface area contributed by atoms with Gasteiger partial charge in [-0.3, -0.25) is 0 Å². The van der Waals surface area contributed by atoms with Crippen LogP contribution in [0.2, 0.25) is 0 Å². The highest BCUT2D eigenvalue weighted by molar-refractivity contribution is 8.14. The summed E-state index contributed by atoms with van der Waals surface area (Å²) in [7, 11) is 0.523. The van der Waals surface area contributed by atoms with Crippen LogP contribution in [-0.2, 0) is 0 Å². The summed E-state index contributed by atoms with van der Waals surface area (Å²) < 4.78 is 0. The zero-order chi connectivity index (χ0) is 7.56. The molecule has 0 aromatic carbocycles. The Morgan fingerprint density at radius 1 is 1.30 bits per heavy atom. The molecule has 0 unspecified atom stereocenters. The third-order valence-corrected chi connectivity index (χ3v) is 4.12. The Balaban J connectivity index is 2.33. The molecule has 0 bridgehead atoms. The van der Waals surface area contributed by atoms with Gasteiger partial charge in [-0.1, -0.05) is 19.7 Å². The summed E-state index contributed by atoms with van der Waals surface area (Å²) in [5, 5.41) is 0. The van der Waals surface area contributed by atoms with Crippen LogP contribution in [0.15, 0.2) is 0 Å². The summed E-state index contributed by atoms with van der Waals surface area (Å²) in [6, 6.07) is 0. The second kappa shape index (κ2) is 3.56.